The molecule has 5 rings (SSSR count). The minimum absolute atomic E-state index is 0.212. The van der Waals surface area contributed by atoms with Crippen LogP contribution >= 0.6 is 0 Å². The third-order valence-electron chi connectivity index (χ3n) is 4.95. The van der Waals surface area contributed by atoms with Gasteiger partial charge in [0.25, 0.3) is 5.91 Å². The van der Waals surface area contributed by atoms with Crippen LogP contribution in [0.1, 0.15) is 36.6 Å². The lowest BCUT2D eigenvalue weighted by Gasteiger charge is -2.09. The van der Waals surface area contributed by atoms with E-state index in [2.05, 4.69) is 25.7 Å². The second-order valence-corrected chi connectivity index (χ2v) is 7.09. The Hall–Kier alpha value is -3.48. The van der Waals surface area contributed by atoms with E-state index in [-0.39, 0.29) is 5.91 Å². The van der Waals surface area contributed by atoms with E-state index >= 15 is 0 Å². The largest absolute Gasteiger partial charge is 0.382 e. The smallest absolute Gasteiger partial charge is 0.268 e. The zero-order chi connectivity index (χ0) is 18.9. The highest BCUT2D eigenvalue weighted by Crippen LogP contribution is 2.38. The van der Waals surface area contributed by atoms with Crippen LogP contribution in [0.2, 0.25) is 0 Å². The van der Waals surface area contributed by atoms with Crippen molar-refractivity contribution in [3.05, 3.63) is 66.0 Å². The van der Waals surface area contributed by atoms with Crippen molar-refractivity contribution in [2.45, 2.75) is 31.3 Å². The first kappa shape index (κ1) is 16.7. The summed E-state index contributed by atoms with van der Waals surface area (Å²) in [6.45, 7) is 0. The van der Waals surface area contributed by atoms with E-state index in [4.69, 9.17) is 4.84 Å². The minimum Gasteiger partial charge on any atom is -0.382 e. The first-order chi connectivity index (χ1) is 13.8. The number of anilines is 1. The number of aromatic amines is 1. The van der Waals surface area contributed by atoms with Crippen LogP contribution in [0, 0.1) is 0 Å². The van der Waals surface area contributed by atoms with Crippen molar-refractivity contribution in [1.29, 1.82) is 0 Å². The number of carbonyl (C=O) groups excluding carboxylic acids is 1. The second-order valence-electron chi connectivity index (χ2n) is 7.09. The number of oxime groups is 1. The molecule has 1 aliphatic heterocycles. The summed E-state index contributed by atoms with van der Waals surface area (Å²) in [6.07, 6.45) is 2.19. The highest BCUT2D eigenvalue weighted by Gasteiger charge is 2.29. The summed E-state index contributed by atoms with van der Waals surface area (Å²) < 4.78 is 0. The summed E-state index contributed by atoms with van der Waals surface area (Å²) in [5.41, 5.74) is 3.36. The van der Waals surface area contributed by atoms with E-state index in [1.54, 1.807) is 0 Å². The van der Waals surface area contributed by atoms with Gasteiger partial charge in [-0.3, -0.25) is 9.89 Å². The molecule has 7 heteroatoms. The molecule has 28 heavy (non-hydrogen) atoms. The molecule has 1 fully saturated rings. The van der Waals surface area contributed by atoms with Crippen molar-refractivity contribution in [2.75, 3.05) is 5.32 Å². The third kappa shape index (κ3) is 3.38. The van der Waals surface area contributed by atoms with Crippen LogP contribution in [-0.4, -0.2) is 32.9 Å². The van der Waals surface area contributed by atoms with E-state index < -0.39 is 6.10 Å². The van der Waals surface area contributed by atoms with Crippen LogP contribution in [-0.2, 0) is 9.63 Å². The summed E-state index contributed by atoms with van der Waals surface area (Å²) in [5, 5.41) is 14.2. The number of benzene rings is 2. The van der Waals surface area contributed by atoms with E-state index in [1.807, 2.05) is 54.6 Å². The first-order valence-corrected chi connectivity index (χ1v) is 9.38. The Balaban J connectivity index is 1.21. The van der Waals surface area contributed by atoms with E-state index in [0.717, 1.165) is 22.7 Å². The standard InChI is InChI=1S/C21H19N5O2/c27-21(18-12-17(26-28-18)13-4-2-1-3-5-13)22-16-10-8-15(9-11-16)20-23-19(24-25-20)14-6-7-14/h1-5,8-11,14,18H,6-7,12H2,(H,22,27)(H,23,24,25). The lowest BCUT2D eigenvalue weighted by atomic mass is 10.0. The lowest BCUT2D eigenvalue weighted by Crippen LogP contribution is -2.28. The van der Waals surface area contributed by atoms with Gasteiger partial charge in [0.05, 0.1) is 5.71 Å². The van der Waals surface area contributed by atoms with E-state index in [0.29, 0.717) is 23.9 Å². The maximum Gasteiger partial charge on any atom is 0.268 e. The number of hydrogen-bond acceptors (Lipinski definition) is 5. The summed E-state index contributed by atoms with van der Waals surface area (Å²) in [4.78, 5) is 22.4. The Labute approximate surface area is 161 Å². The lowest BCUT2D eigenvalue weighted by molar-refractivity contribution is -0.125. The van der Waals surface area contributed by atoms with Gasteiger partial charge in [0.2, 0.25) is 6.10 Å². The number of H-pyrrole nitrogens is 1. The molecule has 1 aromatic heterocycles. The molecule has 0 bridgehead atoms. The van der Waals surface area contributed by atoms with Crippen molar-refractivity contribution in [2.24, 2.45) is 5.16 Å². The molecule has 2 heterocycles. The zero-order valence-electron chi connectivity index (χ0n) is 15.1. The monoisotopic (exact) mass is 373 g/mol. The highest BCUT2D eigenvalue weighted by atomic mass is 16.6. The predicted molar refractivity (Wildman–Crippen MR) is 105 cm³/mol. The average Bonchev–Trinajstić information content (AvgIpc) is 3.27. The van der Waals surface area contributed by atoms with Crippen LogP contribution in [0.3, 0.4) is 0 Å². The van der Waals surface area contributed by atoms with Crippen molar-refractivity contribution < 1.29 is 9.63 Å². The molecule has 1 atom stereocenters. The van der Waals surface area contributed by atoms with Gasteiger partial charge >= 0.3 is 0 Å². The molecule has 2 aromatic carbocycles. The molecule has 0 radical (unpaired) electrons. The Morgan fingerprint density at radius 3 is 2.57 bits per heavy atom. The molecule has 0 spiro atoms. The molecular weight excluding hydrogens is 354 g/mol. The van der Waals surface area contributed by atoms with Gasteiger partial charge in [-0.05, 0) is 42.7 Å². The van der Waals surface area contributed by atoms with Gasteiger partial charge in [-0.25, -0.2) is 4.98 Å². The molecule has 7 nitrogen and oxygen atoms in total. The molecule has 1 amide bonds. The molecular formula is C21H19N5O2. The fourth-order valence-corrected chi connectivity index (χ4v) is 3.19. The molecule has 1 saturated carbocycles. The third-order valence-corrected chi connectivity index (χ3v) is 4.95. The highest BCUT2D eigenvalue weighted by molar-refractivity contribution is 6.06. The van der Waals surface area contributed by atoms with Crippen LogP contribution in [0.25, 0.3) is 11.4 Å². The summed E-state index contributed by atoms with van der Waals surface area (Å²) in [6, 6.07) is 17.2. The van der Waals surface area contributed by atoms with Gasteiger partial charge in [-0.1, -0.05) is 35.5 Å². The maximum absolute atomic E-state index is 12.5. The van der Waals surface area contributed by atoms with Gasteiger partial charge in [0.15, 0.2) is 5.82 Å². The molecule has 140 valence electrons. The summed E-state index contributed by atoms with van der Waals surface area (Å²) >= 11 is 0. The molecule has 1 aliphatic carbocycles. The summed E-state index contributed by atoms with van der Waals surface area (Å²) in [5.74, 6) is 1.96. The number of nitrogens with one attached hydrogen (secondary N) is 2. The quantitative estimate of drug-likeness (QED) is 0.716. The Morgan fingerprint density at radius 1 is 1.04 bits per heavy atom. The van der Waals surface area contributed by atoms with Crippen LogP contribution < -0.4 is 5.32 Å². The number of hydrogen-bond donors (Lipinski definition) is 2. The van der Waals surface area contributed by atoms with Crippen LogP contribution in [0.15, 0.2) is 59.8 Å². The van der Waals surface area contributed by atoms with Crippen LogP contribution in [0.5, 0.6) is 0 Å². The Kier molecular flexibility index (Phi) is 4.12. The predicted octanol–water partition coefficient (Wildman–Crippen LogP) is 3.48. The molecule has 0 saturated heterocycles. The van der Waals surface area contributed by atoms with Crippen LogP contribution in [0.4, 0.5) is 5.69 Å². The topological polar surface area (TPSA) is 92.3 Å². The fourth-order valence-electron chi connectivity index (χ4n) is 3.19. The van der Waals surface area contributed by atoms with E-state index in [9.17, 15) is 4.79 Å². The van der Waals surface area contributed by atoms with Gasteiger partial charge in [0.1, 0.15) is 5.82 Å². The Morgan fingerprint density at radius 2 is 1.82 bits per heavy atom. The summed E-state index contributed by atoms with van der Waals surface area (Å²) in [7, 11) is 0. The maximum atomic E-state index is 12.5. The minimum atomic E-state index is -0.621. The van der Waals surface area contributed by atoms with Crippen molar-refractivity contribution in [1.82, 2.24) is 15.2 Å². The molecule has 1 unspecified atom stereocenters. The molecule has 2 N–H and O–H groups in total. The molecule has 3 aromatic rings. The normalized spacial score (nSPS) is 18.4. The van der Waals surface area contributed by atoms with Crippen molar-refractivity contribution >= 4 is 17.3 Å². The SMILES string of the molecule is O=C(Nc1ccc(-c2n[nH]c(C3CC3)n2)cc1)C1CC(c2ccccc2)=NO1. The van der Waals surface area contributed by atoms with Gasteiger partial charge in [-0.2, -0.15) is 5.10 Å². The van der Waals surface area contributed by atoms with Crippen molar-refractivity contribution in [3.63, 3.8) is 0 Å². The number of carbonyl (C=O) groups is 1. The number of amides is 1. The fraction of sp³-hybridized carbons (Fsp3) is 0.238. The Bertz CT molecular complexity index is 1020. The average molecular weight is 373 g/mol. The molecule has 2 aliphatic rings. The van der Waals surface area contributed by atoms with E-state index in [1.165, 1.54) is 12.8 Å². The number of aromatic nitrogens is 3. The van der Waals surface area contributed by atoms with Gasteiger partial charge in [-0.15, -0.1) is 0 Å². The van der Waals surface area contributed by atoms with Crippen molar-refractivity contribution in [3.8, 4) is 11.4 Å². The number of rotatable bonds is 5. The van der Waals surface area contributed by atoms with Gasteiger partial charge < -0.3 is 10.2 Å². The number of nitrogens with zero attached hydrogens (tertiary/aromatic N) is 3. The van der Waals surface area contributed by atoms with Gasteiger partial charge in [0, 0.05) is 23.6 Å². The first-order valence-electron chi connectivity index (χ1n) is 9.38. The second kappa shape index (κ2) is 6.92. The zero-order valence-corrected chi connectivity index (χ0v) is 15.1.